The van der Waals surface area contributed by atoms with Gasteiger partial charge < -0.3 is 0 Å². The number of ketones is 1. The van der Waals surface area contributed by atoms with Crippen LogP contribution in [0.25, 0.3) is 0 Å². The molecule has 7 heteroatoms. The van der Waals surface area contributed by atoms with Crippen LogP contribution in [-0.2, 0) is 6.54 Å². The summed E-state index contributed by atoms with van der Waals surface area (Å²) in [7, 11) is 0. The summed E-state index contributed by atoms with van der Waals surface area (Å²) < 4.78 is 2.18. The summed E-state index contributed by atoms with van der Waals surface area (Å²) in [6.07, 6.45) is 0. The number of hydrogen-bond acceptors (Lipinski definition) is 4. The van der Waals surface area contributed by atoms with Gasteiger partial charge in [-0.3, -0.25) is 19.6 Å². The molecule has 104 valence electrons. The second-order valence-electron chi connectivity index (χ2n) is 4.37. The van der Waals surface area contributed by atoms with Gasteiger partial charge >= 0.3 is 5.69 Å². The van der Waals surface area contributed by atoms with Gasteiger partial charge in [0, 0.05) is 10.0 Å². The molecule has 0 saturated heterocycles. The maximum Gasteiger partial charge on any atom is 0.312 e. The number of aryl methyl sites for hydroxylation is 1. The molecule has 0 N–H and O–H groups in total. The number of Topliss-reactive ketones (excluding diaryl/α,β-unsaturated/α-hetero) is 1. The molecule has 0 amide bonds. The monoisotopic (exact) mass is 337 g/mol. The zero-order valence-corrected chi connectivity index (χ0v) is 12.5. The Kier molecular flexibility index (Phi) is 3.99. The molecule has 0 saturated carbocycles. The van der Waals surface area contributed by atoms with Crippen molar-refractivity contribution in [3.63, 3.8) is 0 Å². The molecule has 2 aromatic rings. The van der Waals surface area contributed by atoms with Crippen LogP contribution in [0.2, 0.25) is 0 Å². The quantitative estimate of drug-likeness (QED) is 0.488. The number of hydrogen-bond donors (Lipinski definition) is 0. The van der Waals surface area contributed by atoms with Gasteiger partial charge in [-0.2, -0.15) is 5.10 Å². The number of halogens is 1. The Hall–Kier alpha value is -2.02. The van der Waals surface area contributed by atoms with Crippen molar-refractivity contribution in [3.05, 3.63) is 55.8 Å². The van der Waals surface area contributed by atoms with Gasteiger partial charge in [0.15, 0.2) is 5.78 Å². The summed E-state index contributed by atoms with van der Waals surface area (Å²) in [6.45, 7) is 3.13. The highest BCUT2D eigenvalue weighted by Gasteiger charge is 2.22. The van der Waals surface area contributed by atoms with E-state index in [9.17, 15) is 14.9 Å². The SMILES string of the molecule is Cc1nn(CC(=O)c2cccc(Br)c2)c(C)c1[N+](=O)[O-]. The van der Waals surface area contributed by atoms with E-state index in [1.54, 1.807) is 32.0 Å². The van der Waals surface area contributed by atoms with Gasteiger partial charge in [0.05, 0.1) is 4.92 Å². The summed E-state index contributed by atoms with van der Waals surface area (Å²) in [5, 5.41) is 15.0. The highest BCUT2D eigenvalue weighted by atomic mass is 79.9. The third kappa shape index (κ3) is 2.77. The van der Waals surface area contributed by atoms with Gasteiger partial charge in [-0.1, -0.05) is 28.1 Å². The van der Waals surface area contributed by atoms with Gasteiger partial charge in [-0.15, -0.1) is 0 Å². The molecule has 6 nitrogen and oxygen atoms in total. The lowest BCUT2D eigenvalue weighted by molar-refractivity contribution is -0.386. The highest BCUT2D eigenvalue weighted by molar-refractivity contribution is 9.10. The molecule has 0 radical (unpaired) electrons. The highest BCUT2D eigenvalue weighted by Crippen LogP contribution is 2.22. The van der Waals surface area contributed by atoms with Crippen LogP contribution in [0.1, 0.15) is 21.7 Å². The second kappa shape index (κ2) is 5.54. The molecule has 0 aliphatic rings. The fourth-order valence-electron chi connectivity index (χ4n) is 1.99. The molecular weight excluding hydrogens is 326 g/mol. The molecular formula is C13H12BrN3O3. The fourth-order valence-corrected chi connectivity index (χ4v) is 2.39. The van der Waals surface area contributed by atoms with Crippen LogP contribution in [0.5, 0.6) is 0 Å². The maximum atomic E-state index is 12.2. The van der Waals surface area contributed by atoms with Crippen molar-refractivity contribution in [3.8, 4) is 0 Å². The van der Waals surface area contributed by atoms with Crippen molar-refractivity contribution in [2.24, 2.45) is 0 Å². The van der Waals surface area contributed by atoms with E-state index in [0.717, 1.165) is 4.47 Å². The van der Waals surface area contributed by atoms with Gasteiger partial charge in [0.25, 0.3) is 0 Å². The van der Waals surface area contributed by atoms with Crippen molar-refractivity contribution >= 4 is 27.4 Å². The summed E-state index contributed by atoms with van der Waals surface area (Å²) in [4.78, 5) is 22.6. The van der Waals surface area contributed by atoms with E-state index in [4.69, 9.17) is 0 Å². The van der Waals surface area contributed by atoms with Crippen molar-refractivity contribution in [2.75, 3.05) is 0 Å². The lowest BCUT2D eigenvalue weighted by atomic mass is 10.1. The van der Waals surface area contributed by atoms with Crippen LogP contribution < -0.4 is 0 Å². The van der Waals surface area contributed by atoms with E-state index in [2.05, 4.69) is 21.0 Å². The normalized spacial score (nSPS) is 10.6. The lowest BCUT2D eigenvalue weighted by Crippen LogP contribution is -2.13. The lowest BCUT2D eigenvalue weighted by Gasteiger charge is -2.03. The van der Waals surface area contributed by atoms with E-state index in [1.807, 2.05) is 6.07 Å². The fraction of sp³-hybridized carbons (Fsp3) is 0.231. The van der Waals surface area contributed by atoms with Crippen molar-refractivity contribution < 1.29 is 9.72 Å². The number of benzene rings is 1. The molecule has 0 aliphatic carbocycles. The van der Waals surface area contributed by atoms with E-state index < -0.39 is 4.92 Å². The van der Waals surface area contributed by atoms with Gasteiger partial charge in [-0.05, 0) is 26.0 Å². The predicted molar refractivity (Wildman–Crippen MR) is 76.8 cm³/mol. The second-order valence-corrected chi connectivity index (χ2v) is 5.28. The third-order valence-corrected chi connectivity index (χ3v) is 3.46. The average molecular weight is 338 g/mol. The van der Waals surface area contributed by atoms with E-state index in [0.29, 0.717) is 17.0 Å². The summed E-state index contributed by atoms with van der Waals surface area (Å²) in [6, 6.07) is 7.00. The van der Waals surface area contributed by atoms with Gasteiger partial charge in [-0.25, -0.2) is 0 Å². The Morgan fingerprint density at radius 1 is 1.45 bits per heavy atom. The molecule has 20 heavy (non-hydrogen) atoms. The molecule has 0 aliphatic heterocycles. The Balaban J connectivity index is 2.29. The summed E-state index contributed by atoms with van der Waals surface area (Å²) in [5.41, 5.74) is 1.20. The standard InChI is InChI=1S/C13H12BrN3O3/c1-8-13(17(19)20)9(2)16(15-8)7-12(18)10-4-3-5-11(14)6-10/h3-6H,7H2,1-2H3. The first-order chi connectivity index (χ1) is 9.40. The van der Waals surface area contributed by atoms with Crippen LogP contribution in [-0.4, -0.2) is 20.5 Å². The van der Waals surface area contributed by atoms with Crippen LogP contribution in [0.15, 0.2) is 28.7 Å². The minimum absolute atomic E-state index is 0.0169. The molecule has 0 fully saturated rings. The molecule has 1 aromatic carbocycles. The largest absolute Gasteiger partial charge is 0.312 e. The molecule has 0 atom stereocenters. The van der Waals surface area contributed by atoms with E-state index in [-0.39, 0.29) is 18.0 Å². The molecule has 0 unspecified atom stereocenters. The summed E-state index contributed by atoms with van der Waals surface area (Å²) in [5.74, 6) is -0.146. The maximum absolute atomic E-state index is 12.2. The number of nitrogens with zero attached hydrogens (tertiary/aromatic N) is 3. The van der Waals surface area contributed by atoms with Crippen LogP contribution in [0.3, 0.4) is 0 Å². The topological polar surface area (TPSA) is 78.0 Å². The van der Waals surface area contributed by atoms with E-state index >= 15 is 0 Å². The average Bonchev–Trinajstić information content (AvgIpc) is 2.64. The third-order valence-electron chi connectivity index (χ3n) is 2.97. The number of nitro groups is 1. The first kappa shape index (κ1) is 14.4. The minimum atomic E-state index is -0.474. The molecule has 0 spiro atoms. The van der Waals surface area contributed by atoms with Crippen LogP contribution >= 0.6 is 15.9 Å². The van der Waals surface area contributed by atoms with E-state index in [1.165, 1.54) is 4.68 Å². The Morgan fingerprint density at radius 2 is 2.15 bits per heavy atom. The molecule has 2 rings (SSSR count). The predicted octanol–water partition coefficient (Wildman–Crippen LogP) is 3.05. The first-order valence-electron chi connectivity index (χ1n) is 5.87. The first-order valence-corrected chi connectivity index (χ1v) is 6.66. The smallest absolute Gasteiger partial charge is 0.292 e. The van der Waals surface area contributed by atoms with Crippen molar-refractivity contribution in [1.29, 1.82) is 0 Å². The Labute approximate surface area is 123 Å². The van der Waals surface area contributed by atoms with Crippen molar-refractivity contribution in [2.45, 2.75) is 20.4 Å². The molecule has 0 bridgehead atoms. The van der Waals surface area contributed by atoms with Gasteiger partial charge in [0.1, 0.15) is 17.9 Å². The van der Waals surface area contributed by atoms with Crippen LogP contribution in [0, 0.1) is 24.0 Å². The zero-order valence-electron chi connectivity index (χ0n) is 11.0. The zero-order chi connectivity index (χ0) is 14.9. The van der Waals surface area contributed by atoms with Crippen LogP contribution in [0.4, 0.5) is 5.69 Å². The number of carbonyl (C=O) groups is 1. The minimum Gasteiger partial charge on any atom is -0.292 e. The molecule has 1 aromatic heterocycles. The summed E-state index contributed by atoms with van der Waals surface area (Å²) >= 11 is 3.30. The number of carbonyl (C=O) groups excluding carboxylic acids is 1. The van der Waals surface area contributed by atoms with Gasteiger partial charge in [0.2, 0.25) is 0 Å². The van der Waals surface area contributed by atoms with Crippen molar-refractivity contribution in [1.82, 2.24) is 9.78 Å². The molecule has 1 heterocycles. The number of rotatable bonds is 4. The Bertz CT molecular complexity index is 694. The number of aromatic nitrogens is 2. The Morgan fingerprint density at radius 3 is 2.70 bits per heavy atom.